The molecule has 1 heteroatoms. The van der Waals surface area contributed by atoms with E-state index in [9.17, 15) is 4.79 Å². The maximum atomic E-state index is 11.3. The predicted octanol–water partition coefficient (Wildman–Crippen LogP) is 3.04. The van der Waals surface area contributed by atoms with Crippen molar-refractivity contribution in [2.75, 3.05) is 0 Å². The molecule has 0 amide bonds. The van der Waals surface area contributed by atoms with Gasteiger partial charge in [0.2, 0.25) is 0 Å². The highest BCUT2D eigenvalue weighted by molar-refractivity contribution is 5.81. The Bertz CT molecular complexity index is 176. The minimum absolute atomic E-state index is 0.308. The van der Waals surface area contributed by atoms with Crippen LogP contribution in [-0.4, -0.2) is 5.78 Å². The highest BCUT2D eigenvalue weighted by Gasteiger charge is 2.32. The SMILES string of the molecule is CC1C[C@@H](C(C)(C)C)CCC1=O. The van der Waals surface area contributed by atoms with Gasteiger partial charge in [0.05, 0.1) is 0 Å². The lowest BCUT2D eigenvalue weighted by atomic mass is 9.69. The molecule has 1 aliphatic rings. The quantitative estimate of drug-likeness (QED) is 0.543. The fourth-order valence-corrected chi connectivity index (χ4v) is 2.03. The summed E-state index contributed by atoms with van der Waals surface area (Å²) in [6.45, 7) is 8.90. The van der Waals surface area contributed by atoms with Gasteiger partial charge < -0.3 is 0 Å². The van der Waals surface area contributed by atoms with Crippen LogP contribution in [0.4, 0.5) is 0 Å². The molecule has 0 aromatic heterocycles. The van der Waals surface area contributed by atoms with E-state index >= 15 is 0 Å². The minimum atomic E-state index is 0.308. The molecule has 0 aromatic rings. The van der Waals surface area contributed by atoms with Crippen LogP contribution in [0.5, 0.6) is 0 Å². The number of hydrogen-bond donors (Lipinski definition) is 0. The monoisotopic (exact) mass is 168 g/mol. The lowest BCUT2D eigenvalue weighted by molar-refractivity contribution is -0.125. The van der Waals surface area contributed by atoms with Gasteiger partial charge in [0.1, 0.15) is 5.78 Å². The van der Waals surface area contributed by atoms with Crippen LogP contribution in [0.2, 0.25) is 0 Å². The molecule has 2 atom stereocenters. The summed E-state index contributed by atoms with van der Waals surface area (Å²) < 4.78 is 0. The van der Waals surface area contributed by atoms with E-state index in [0.29, 0.717) is 17.1 Å². The van der Waals surface area contributed by atoms with Crippen molar-refractivity contribution in [3.05, 3.63) is 0 Å². The first-order chi connectivity index (χ1) is 5.41. The van der Waals surface area contributed by atoms with E-state index in [1.165, 1.54) is 0 Å². The van der Waals surface area contributed by atoms with Crippen molar-refractivity contribution >= 4 is 5.78 Å². The van der Waals surface area contributed by atoms with E-state index in [0.717, 1.165) is 25.2 Å². The standard InChI is InChI=1S/C11H20O/c1-8-7-9(11(2,3)4)5-6-10(8)12/h8-9H,5-7H2,1-4H3/t8?,9-/m0/s1. The van der Waals surface area contributed by atoms with Crippen molar-refractivity contribution in [1.29, 1.82) is 0 Å². The second-order valence-electron chi connectivity index (χ2n) is 5.20. The first-order valence-electron chi connectivity index (χ1n) is 4.94. The molecule has 0 aliphatic heterocycles. The zero-order valence-electron chi connectivity index (χ0n) is 8.68. The van der Waals surface area contributed by atoms with Gasteiger partial charge in [-0.05, 0) is 24.2 Å². The summed E-state index contributed by atoms with van der Waals surface area (Å²) >= 11 is 0. The molecule has 1 fully saturated rings. The van der Waals surface area contributed by atoms with E-state index in [-0.39, 0.29) is 0 Å². The summed E-state index contributed by atoms with van der Waals surface area (Å²) in [5, 5.41) is 0. The van der Waals surface area contributed by atoms with Crippen LogP contribution in [0.1, 0.15) is 47.0 Å². The molecule has 0 aromatic carbocycles. The molecule has 0 saturated heterocycles. The third-order valence-corrected chi connectivity index (χ3v) is 3.15. The van der Waals surface area contributed by atoms with Gasteiger partial charge in [-0.25, -0.2) is 0 Å². The first kappa shape index (κ1) is 9.76. The lowest BCUT2D eigenvalue weighted by Gasteiger charge is -2.35. The third kappa shape index (κ3) is 2.09. The second-order valence-corrected chi connectivity index (χ2v) is 5.20. The van der Waals surface area contributed by atoms with Crippen LogP contribution in [0.15, 0.2) is 0 Å². The zero-order chi connectivity index (χ0) is 9.35. The number of ketones is 1. The number of carbonyl (C=O) groups is 1. The Morgan fingerprint density at radius 1 is 1.33 bits per heavy atom. The Labute approximate surface area is 75.5 Å². The van der Waals surface area contributed by atoms with E-state index in [1.807, 2.05) is 0 Å². The van der Waals surface area contributed by atoms with Gasteiger partial charge in [-0.15, -0.1) is 0 Å². The summed E-state index contributed by atoms with van der Waals surface area (Å²) in [5.41, 5.74) is 0.384. The Morgan fingerprint density at radius 2 is 1.92 bits per heavy atom. The van der Waals surface area contributed by atoms with Gasteiger partial charge in [0.25, 0.3) is 0 Å². The van der Waals surface area contributed by atoms with E-state index < -0.39 is 0 Å². The largest absolute Gasteiger partial charge is 0.299 e. The molecule has 0 heterocycles. The van der Waals surface area contributed by atoms with Crippen molar-refractivity contribution in [2.24, 2.45) is 17.3 Å². The number of hydrogen-bond acceptors (Lipinski definition) is 1. The smallest absolute Gasteiger partial charge is 0.135 e. The van der Waals surface area contributed by atoms with Crippen molar-refractivity contribution in [1.82, 2.24) is 0 Å². The molecule has 0 N–H and O–H groups in total. The van der Waals surface area contributed by atoms with Gasteiger partial charge in [-0.2, -0.15) is 0 Å². The van der Waals surface area contributed by atoms with Crippen molar-refractivity contribution in [3.8, 4) is 0 Å². The third-order valence-electron chi connectivity index (χ3n) is 3.15. The fraction of sp³-hybridized carbons (Fsp3) is 0.909. The highest BCUT2D eigenvalue weighted by atomic mass is 16.1. The lowest BCUT2D eigenvalue weighted by Crippen LogP contribution is -2.30. The fourth-order valence-electron chi connectivity index (χ4n) is 2.03. The average Bonchev–Trinajstić information content (AvgIpc) is 1.92. The summed E-state index contributed by atoms with van der Waals surface area (Å²) in [6.07, 6.45) is 3.01. The van der Waals surface area contributed by atoms with Crippen molar-refractivity contribution in [3.63, 3.8) is 0 Å². The van der Waals surface area contributed by atoms with E-state index in [2.05, 4.69) is 27.7 Å². The summed E-state index contributed by atoms with van der Waals surface area (Å²) in [4.78, 5) is 11.3. The predicted molar refractivity (Wildman–Crippen MR) is 51.0 cm³/mol. The van der Waals surface area contributed by atoms with Crippen molar-refractivity contribution < 1.29 is 4.79 Å². The molecule has 12 heavy (non-hydrogen) atoms. The van der Waals surface area contributed by atoms with E-state index in [4.69, 9.17) is 0 Å². The molecule has 70 valence electrons. The molecular formula is C11H20O. The molecule has 0 radical (unpaired) electrons. The van der Waals surface area contributed by atoms with Crippen LogP contribution in [0, 0.1) is 17.3 Å². The molecule has 1 saturated carbocycles. The molecule has 1 unspecified atom stereocenters. The molecule has 0 bridgehead atoms. The summed E-state index contributed by atoms with van der Waals surface area (Å²) in [7, 11) is 0. The number of carbonyl (C=O) groups excluding carboxylic acids is 1. The Kier molecular flexibility index (Phi) is 2.60. The molecule has 1 aliphatic carbocycles. The normalized spacial score (nSPS) is 32.2. The van der Waals surface area contributed by atoms with Gasteiger partial charge in [-0.1, -0.05) is 27.7 Å². The van der Waals surface area contributed by atoms with Crippen LogP contribution in [-0.2, 0) is 4.79 Å². The summed E-state index contributed by atoms with van der Waals surface area (Å²) in [5.74, 6) is 1.52. The maximum absolute atomic E-state index is 11.3. The molecule has 1 rings (SSSR count). The molecular weight excluding hydrogens is 148 g/mol. The van der Waals surface area contributed by atoms with Crippen molar-refractivity contribution in [2.45, 2.75) is 47.0 Å². The minimum Gasteiger partial charge on any atom is -0.299 e. The van der Waals surface area contributed by atoms with Crippen LogP contribution < -0.4 is 0 Å². The zero-order valence-corrected chi connectivity index (χ0v) is 8.68. The van der Waals surface area contributed by atoms with Gasteiger partial charge in [0.15, 0.2) is 0 Å². The van der Waals surface area contributed by atoms with Crippen LogP contribution in [0.3, 0.4) is 0 Å². The molecule has 1 nitrogen and oxygen atoms in total. The number of rotatable bonds is 0. The Balaban J connectivity index is 2.57. The van der Waals surface area contributed by atoms with Gasteiger partial charge in [-0.3, -0.25) is 4.79 Å². The average molecular weight is 168 g/mol. The second kappa shape index (κ2) is 3.20. The highest BCUT2D eigenvalue weighted by Crippen LogP contribution is 2.38. The Hall–Kier alpha value is -0.330. The van der Waals surface area contributed by atoms with Gasteiger partial charge in [0, 0.05) is 12.3 Å². The molecule has 0 spiro atoms. The van der Waals surface area contributed by atoms with Crippen LogP contribution in [0.25, 0.3) is 0 Å². The Morgan fingerprint density at radius 3 is 2.33 bits per heavy atom. The topological polar surface area (TPSA) is 17.1 Å². The van der Waals surface area contributed by atoms with E-state index in [1.54, 1.807) is 0 Å². The summed E-state index contributed by atoms with van der Waals surface area (Å²) in [6, 6.07) is 0. The number of Topliss-reactive ketones (excluding diaryl/α,β-unsaturated/α-hetero) is 1. The first-order valence-corrected chi connectivity index (χ1v) is 4.94. The maximum Gasteiger partial charge on any atom is 0.135 e. The van der Waals surface area contributed by atoms with Gasteiger partial charge >= 0.3 is 0 Å². The van der Waals surface area contributed by atoms with Crippen LogP contribution >= 0.6 is 0 Å².